The molecule has 0 unspecified atom stereocenters. The van der Waals surface area contributed by atoms with Crippen molar-refractivity contribution in [2.24, 2.45) is 0 Å². The summed E-state index contributed by atoms with van der Waals surface area (Å²) in [6.07, 6.45) is 1.69. The number of fused-ring (bicyclic) bond motifs is 1. The minimum Gasteiger partial charge on any atom is -0.297 e. The zero-order valence-electron chi connectivity index (χ0n) is 7.98. The molecule has 4 nitrogen and oxygen atoms in total. The van der Waals surface area contributed by atoms with Crippen LogP contribution in [0.3, 0.4) is 0 Å². The van der Waals surface area contributed by atoms with Crippen LogP contribution in [-0.2, 0) is 0 Å². The van der Waals surface area contributed by atoms with Crippen LogP contribution >= 0.6 is 27.3 Å². The van der Waals surface area contributed by atoms with E-state index in [-0.39, 0.29) is 5.56 Å². The van der Waals surface area contributed by atoms with Gasteiger partial charge in [0.2, 0.25) is 0 Å². The van der Waals surface area contributed by atoms with Crippen LogP contribution in [0, 0.1) is 0 Å². The van der Waals surface area contributed by atoms with Gasteiger partial charge in [-0.1, -0.05) is 0 Å². The summed E-state index contributed by atoms with van der Waals surface area (Å²) in [6, 6.07) is 7.19. The Morgan fingerprint density at radius 2 is 2.25 bits per heavy atom. The van der Waals surface area contributed by atoms with Crippen LogP contribution in [0.4, 0.5) is 0 Å². The molecule has 6 heteroatoms. The highest BCUT2D eigenvalue weighted by molar-refractivity contribution is 9.11. The van der Waals surface area contributed by atoms with E-state index >= 15 is 0 Å². The summed E-state index contributed by atoms with van der Waals surface area (Å²) >= 11 is 4.95. The standard InChI is InChI=1S/C10H6BrN3OS/c11-8-2-1-7(16-8)6-5-10(15)14-9(13-6)3-4-12-14/h1-5,12H. The van der Waals surface area contributed by atoms with Gasteiger partial charge in [0.15, 0.2) is 5.65 Å². The zero-order valence-corrected chi connectivity index (χ0v) is 10.4. The SMILES string of the molecule is O=c1cc(-c2ccc(Br)s2)nc2cc[nH]n12. The van der Waals surface area contributed by atoms with Crippen LogP contribution in [0.25, 0.3) is 16.2 Å². The predicted molar refractivity (Wildman–Crippen MR) is 66.8 cm³/mol. The third-order valence-electron chi connectivity index (χ3n) is 2.21. The maximum atomic E-state index is 11.7. The van der Waals surface area contributed by atoms with Crippen molar-refractivity contribution in [1.29, 1.82) is 0 Å². The maximum absolute atomic E-state index is 11.7. The minimum atomic E-state index is -0.102. The highest BCUT2D eigenvalue weighted by Gasteiger charge is 2.06. The molecule has 16 heavy (non-hydrogen) atoms. The molecule has 0 amide bonds. The van der Waals surface area contributed by atoms with Crippen molar-refractivity contribution in [3.05, 3.63) is 44.6 Å². The number of aromatic nitrogens is 3. The summed E-state index contributed by atoms with van der Waals surface area (Å²) in [6.45, 7) is 0. The van der Waals surface area contributed by atoms with Crippen LogP contribution in [0.1, 0.15) is 0 Å². The van der Waals surface area contributed by atoms with E-state index in [2.05, 4.69) is 26.0 Å². The molecule has 0 aliphatic carbocycles. The summed E-state index contributed by atoms with van der Waals surface area (Å²) in [5.74, 6) is 0. The minimum absolute atomic E-state index is 0.102. The summed E-state index contributed by atoms with van der Waals surface area (Å²) < 4.78 is 2.44. The fraction of sp³-hybridized carbons (Fsp3) is 0. The monoisotopic (exact) mass is 295 g/mol. The van der Waals surface area contributed by atoms with E-state index < -0.39 is 0 Å². The first-order valence-electron chi connectivity index (χ1n) is 4.57. The lowest BCUT2D eigenvalue weighted by Gasteiger charge is -1.97. The maximum Gasteiger partial charge on any atom is 0.273 e. The average molecular weight is 296 g/mol. The van der Waals surface area contributed by atoms with E-state index in [9.17, 15) is 4.79 Å². The molecule has 0 bridgehead atoms. The highest BCUT2D eigenvalue weighted by atomic mass is 79.9. The topological polar surface area (TPSA) is 50.2 Å². The summed E-state index contributed by atoms with van der Waals surface area (Å²) in [5.41, 5.74) is 1.24. The third kappa shape index (κ3) is 1.50. The van der Waals surface area contributed by atoms with Gasteiger partial charge in [-0.3, -0.25) is 9.89 Å². The smallest absolute Gasteiger partial charge is 0.273 e. The molecule has 0 atom stereocenters. The number of thiophene rings is 1. The van der Waals surface area contributed by atoms with Gasteiger partial charge in [-0.15, -0.1) is 11.3 Å². The van der Waals surface area contributed by atoms with Gasteiger partial charge in [-0.25, -0.2) is 9.50 Å². The van der Waals surface area contributed by atoms with E-state index in [4.69, 9.17) is 0 Å². The van der Waals surface area contributed by atoms with Crippen LogP contribution < -0.4 is 5.56 Å². The Hall–Kier alpha value is -1.40. The number of H-pyrrole nitrogens is 1. The van der Waals surface area contributed by atoms with E-state index in [1.54, 1.807) is 23.6 Å². The molecule has 0 radical (unpaired) electrons. The fourth-order valence-electron chi connectivity index (χ4n) is 1.51. The van der Waals surface area contributed by atoms with Crippen LogP contribution in [0.15, 0.2) is 39.0 Å². The van der Waals surface area contributed by atoms with E-state index in [1.807, 2.05) is 12.1 Å². The number of hydrogen-bond acceptors (Lipinski definition) is 3. The second kappa shape index (κ2) is 3.57. The highest BCUT2D eigenvalue weighted by Crippen LogP contribution is 2.29. The summed E-state index contributed by atoms with van der Waals surface area (Å²) in [5, 5.41) is 2.81. The van der Waals surface area contributed by atoms with Crippen molar-refractivity contribution in [3.8, 4) is 10.6 Å². The first-order chi connectivity index (χ1) is 7.74. The number of aromatic amines is 1. The second-order valence-corrected chi connectivity index (χ2v) is 5.70. The van der Waals surface area contributed by atoms with Gasteiger partial charge in [0, 0.05) is 18.3 Å². The molecule has 80 valence electrons. The molecule has 0 saturated carbocycles. The largest absolute Gasteiger partial charge is 0.297 e. The van der Waals surface area contributed by atoms with Gasteiger partial charge >= 0.3 is 0 Å². The Balaban J connectivity index is 2.28. The lowest BCUT2D eigenvalue weighted by Crippen LogP contribution is -2.13. The van der Waals surface area contributed by atoms with Gasteiger partial charge < -0.3 is 0 Å². The Morgan fingerprint density at radius 1 is 1.38 bits per heavy atom. The van der Waals surface area contributed by atoms with Gasteiger partial charge in [0.1, 0.15) is 0 Å². The number of nitrogens with zero attached hydrogens (tertiary/aromatic N) is 2. The molecular formula is C10H6BrN3OS. The fourth-order valence-corrected chi connectivity index (χ4v) is 2.85. The molecule has 3 aromatic heterocycles. The Labute approximate surface area is 103 Å². The summed E-state index contributed by atoms with van der Waals surface area (Å²) in [4.78, 5) is 17.1. The third-order valence-corrected chi connectivity index (χ3v) is 3.85. The van der Waals surface area contributed by atoms with E-state index in [1.165, 1.54) is 10.6 Å². The molecule has 0 aliphatic rings. The van der Waals surface area contributed by atoms with E-state index in [0.717, 1.165) is 8.66 Å². The molecule has 3 rings (SSSR count). The summed E-state index contributed by atoms with van der Waals surface area (Å²) in [7, 11) is 0. The Morgan fingerprint density at radius 3 is 3.00 bits per heavy atom. The zero-order chi connectivity index (χ0) is 11.1. The first kappa shape index (κ1) is 9.80. The van der Waals surface area contributed by atoms with Crippen molar-refractivity contribution in [3.63, 3.8) is 0 Å². The number of rotatable bonds is 1. The molecule has 0 aliphatic heterocycles. The predicted octanol–water partition coefficient (Wildman–Crippen LogP) is 2.51. The molecule has 0 fully saturated rings. The molecule has 0 saturated heterocycles. The lowest BCUT2D eigenvalue weighted by molar-refractivity contribution is 0.901. The normalized spacial score (nSPS) is 11.1. The lowest BCUT2D eigenvalue weighted by atomic mass is 10.3. The van der Waals surface area contributed by atoms with Gasteiger partial charge in [-0.05, 0) is 28.1 Å². The quantitative estimate of drug-likeness (QED) is 0.750. The van der Waals surface area contributed by atoms with Crippen molar-refractivity contribution < 1.29 is 0 Å². The first-order valence-corrected chi connectivity index (χ1v) is 6.18. The molecule has 0 spiro atoms. The Kier molecular flexibility index (Phi) is 2.19. The molecular weight excluding hydrogens is 290 g/mol. The van der Waals surface area contributed by atoms with E-state index in [0.29, 0.717) is 11.3 Å². The van der Waals surface area contributed by atoms with Crippen LogP contribution in [0.2, 0.25) is 0 Å². The van der Waals surface area contributed by atoms with Crippen molar-refractivity contribution in [2.75, 3.05) is 0 Å². The molecule has 3 aromatic rings. The number of hydrogen-bond donors (Lipinski definition) is 1. The van der Waals surface area contributed by atoms with Crippen LogP contribution in [-0.4, -0.2) is 14.6 Å². The average Bonchev–Trinajstić information content (AvgIpc) is 2.85. The molecule has 3 heterocycles. The van der Waals surface area contributed by atoms with Gasteiger partial charge in [0.05, 0.1) is 14.4 Å². The van der Waals surface area contributed by atoms with Gasteiger partial charge in [0.25, 0.3) is 5.56 Å². The van der Waals surface area contributed by atoms with Crippen molar-refractivity contribution >= 4 is 32.9 Å². The molecule has 0 aromatic carbocycles. The second-order valence-electron chi connectivity index (χ2n) is 3.24. The number of halogens is 1. The molecule has 1 N–H and O–H groups in total. The Bertz CT molecular complexity index is 712. The van der Waals surface area contributed by atoms with Gasteiger partial charge in [-0.2, -0.15) is 0 Å². The van der Waals surface area contributed by atoms with Crippen molar-refractivity contribution in [2.45, 2.75) is 0 Å². The van der Waals surface area contributed by atoms with Crippen molar-refractivity contribution in [1.82, 2.24) is 14.6 Å². The van der Waals surface area contributed by atoms with Crippen LogP contribution in [0.5, 0.6) is 0 Å². The number of nitrogens with one attached hydrogen (secondary N) is 1.